The van der Waals surface area contributed by atoms with Crippen molar-refractivity contribution in [2.75, 3.05) is 33.2 Å². The van der Waals surface area contributed by atoms with Gasteiger partial charge in [0.1, 0.15) is 0 Å². The van der Waals surface area contributed by atoms with Crippen molar-refractivity contribution >= 4 is 23.1 Å². The van der Waals surface area contributed by atoms with E-state index in [4.69, 9.17) is 18.0 Å². The molecule has 1 aliphatic rings. The van der Waals surface area contributed by atoms with Gasteiger partial charge in [-0.2, -0.15) is 0 Å². The summed E-state index contributed by atoms with van der Waals surface area (Å²) < 4.78 is 0. The van der Waals surface area contributed by atoms with Gasteiger partial charge in [-0.05, 0) is 19.4 Å². The summed E-state index contributed by atoms with van der Waals surface area (Å²) in [5.41, 5.74) is 5.61. The number of rotatable bonds is 5. The van der Waals surface area contributed by atoms with E-state index in [1.807, 2.05) is 7.05 Å². The predicted molar refractivity (Wildman–Crippen MR) is 73.9 cm³/mol. The lowest BCUT2D eigenvalue weighted by Gasteiger charge is -2.32. The van der Waals surface area contributed by atoms with Crippen LogP contribution in [0.2, 0.25) is 0 Å². The molecule has 0 unspecified atom stereocenters. The molecule has 5 heteroatoms. The summed E-state index contributed by atoms with van der Waals surface area (Å²) >= 11 is 5.04. The highest BCUT2D eigenvalue weighted by Crippen LogP contribution is 2.22. The molecule has 17 heavy (non-hydrogen) atoms. The minimum Gasteiger partial charge on any atom is -0.393 e. The summed E-state index contributed by atoms with van der Waals surface area (Å²) in [5, 5.41) is 0. The van der Waals surface area contributed by atoms with Crippen molar-refractivity contribution in [1.29, 1.82) is 0 Å². The fourth-order valence-electron chi connectivity index (χ4n) is 1.87. The number of hydrogen-bond acceptors (Lipinski definition) is 3. The van der Waals surface area contributed by atoms with E-state index in [1.54, 1.807) is 4.90 Å². The van der Waals surface area contributed by atoms with Gasteiger partial charge in [0, 0.05) is 25.6 Å². The number of carbonyl (C=O) groups excluding carboxylic acids is 1. The van der Waals surface area contributed by atoms with Crippen LogP contribution >= 0.6 is 12.2 Å². The average molecular weight is 257 g/mol. The summed E-state index contributed by atoms with van der Waals surface area (Å²) in [5.74, 6) is 0.213. The van der Waals surface area contributed by atoms with Gasteiger partial charge < -0.3 is 10.6 Å². The molecule has 4 nitrogen and oxygen atoms in total. The van der Waals surface area contributed by atoms with Crippen LogP contribution in [-0.4, -0.2) is 53.9 Å². The van der Waals surface area contributed by atoms with Crippen molar-refractivity contribution in [3.05, 3.63) is 0 Å². The lowest BCUT2D eigenvalue weighted by Crippen LogP contribution is -2.48. The Bertz CT molecular complexity index is 304. The Hall–Kier alpha value is -0.680. The maximum absolute atomic E-state index is 11.5. The van der Waals surface area contributed by atoms with Crippen molar-refractivity contribution in [2.24, 2.45) is 11.1 Å². The molecule has 1 rings (SSSR count). The topological polar surface area (TPSA) is 49.6 Å². The Balaban J connectivity index is 2.28. The Morgan fingerprint density at radius 2 is 2.12 bits per heavy atom. The van der Waals surface area contributed by atoms with E-state index in [-0.39, 0.29) is 11.3 Å². The monoisotopic (exact) mass is 257 g/mol. The number of hydrogen-bond donors (Lipinski definition) is 1. The Labute approximate surface area is 109 Å². The van der Waals surface area contributed by atoms with Gasteiger partial charge in [0.2, 0.25) is 5.91 Å². The van der Waals surface area contributed by atoms with Gasteiger partial charge in [0.25, 0.3) is 0 Å². The molecule has 1 fully saturated rings. The zero-order valence-electron chi connectivity index (χ0n) is 11.0. The molecule has 0 radical (unpaired) electrons. The van der Waals surface area contributed by atoms with E-state index >= 15 is 0 Å². The van der Waals surface area contributed by atoms with E-state index in [0.717, 1.165) is 32.5 Å². The molecule has 1 aliphatic heterocycles. The standard InChI is InChI=1S/C12H23N3OS/c1-12(2,11(13)17)5-4-6-15-8-7-14(3)10(16)9-15/h4-9H2,1-3H3,(H2,13,17). The van der Waals surface area contributed by atoms with E-state index in [0.29, 0.717) is 11.5 Å². The Morgan fingerprint density at radius 3 is 2.65 bits per heavy atom. The number of nitrogens with zero attached hydrogens (tertiary/aromatic N) is 2. The van der Waals surface area contributed by atoms with Crippen LogP contribution in [-0.2, 0) is 4.79 Å². The zero-order valence-corrected chi connectivity index (χ0v) is 11.8. The first kappa shape index (κ1) is 14.4. The average Bonchev–Trinajstić information content (AvgIpc) is 2.23. The normalized spacial score (nSPS) is 18.5. The minimum absolute atomic E-state index is 0.0775. The summed E-state index contributed by atoms with van der Waals surface area (Å²) in [7, 11) is 1.86. The molecule has 1 saturated heterocycles. The van der Waals surface area contributed by atoms with Gasteiger partial charge in [-0.1, -0.05) is 26.1 Å². The van der Waals surface area contributed by atoms with Crippen LogP contribution in [0.5, 0.6) is 0 Å². The zero-order chi connectivity index (χ0) is 13.1. The predicted octanol–water partition coefficient (Wildman–Crippen LogP) is 0.853. The van der Waals surface area contributed by atoms with Gasteiger partial charge in [-0.15, -0.1) is 0 Å². The lowest BCUT2D eigenvalue weighted by molar-refractivity contribution is -0.134. The molecule has 0 atom stereocenters. The van der Waals surface area contributed by atoms with E-state index in [2.05, 4.69) is 18.7 Å². The molecule has 2 N–H and O–H groups in total. The highest BCUT2D eigenvalue weighted by atomic mass is 32.1. The third-order valence-electron chi connectivity index (χ3n) is 3.48. The summed E-state index contributed by atoms with van der Waals surface area (Å²) in [6.07, 6.45) is 2.00. The van der Waals surface area contributed by atoms with Gasteiger partial charge in [0.05, 0.1) is 11.5 Å². The number of thiocarbonyl (C=S) groups is 1. The number of piperazine rings is 1. The smallest absolute Gasteiger partial charge is 0.236 e. The van der Waals surface area contributed by atoms with Crippen LogP contribution in [0.1, 0.15) is 26.7 Å². The van der Waals surface area contributed by atoms with Crippen LogP contribution < -0.4 is 5.73 Å². The number of nitrogens with two attached hydrogens (primary N) is 1. The second-order valence-corrected chi connectivity index (χ2v) is 5.88. The maximum Gasteiger partial charge on any atom is 0.236 e. The van der Waals surface area contributed by atoms with Crippen molar-refractivity contribution in [3.63, 3.8) is 0 Å². The molecule has 0 saturated carbocycles. The number of carbonyl (C=O) groups is 1. The second-order valence-electron chi connectivity index (χ2n) is 5.44. The number of likely N-dealkylation sites (N-methyl/N-ethyl adjacent to an activating group) is 1. The summed E-state index contributed by atoms with van der Waals surface area (Å²) in [6.45, 7) is 7.44. The molecular weight excluding hydrogens is 234 g/mol. The fraction of sp³-hybridized carbons (Fsp3) is 0.833. The van der Waals surface area contributed by atoms with Gasteiger partial charge >= 0.3 is 0 Å². The number of amides is 1. The molecule has 0 aromatic carbocycles. The van der Waals surface area contributed by atoms with Gasteiger partial charge in [-0.25, -0.2) is 0 Å². The highest BCUT2D eigenvalue weighted by molar-refractivity contribution is 7.80. The van der Waals surface area contributed by atoms with Gasteiger partial charge in [-0.3, -0.25) is 9.69 Å². The first-order valence-electron chi connectivity index (χ1n) is 6.09. The lowest BCUT2D eigenvalue weighted by atomic mass is 9.88. The first-order chi connectivity index (χ1) is 7.83. The molecule has 1 heterocycles. The molecule has 0 aromatic rings. The third-order valence-corrected chi connectivity index (χ3v) is 4.03. The van der Waals surface area contributed by atoms with E-state index in [9.17, 15) is 4.79 Å². The van der Waals surface area contributed by atoms with Crippen molar-refractivity contribution in [3.8, 4) is 0 Å². The minimum atomic E-state index is -0.0775. The highest BCUT2D eigenvalue weighted by Gasteiger charge is 2.23. The molecule has 0 aromatic heterocycles. The van der Waals surface area contributed by atoms with Gasteiger partial charge in [0.15, 0.2) is 0 Å². The molecule has 0 spiro atoms. The summed E-state index contributed by atoms with van der Waals surface area (Å²) in [6, 6.07) is 0. The molecule has 1 amide bonds. The SMILES string of the molecule is CN1CCN(CCCC(C)(C)C(N)=S)CC1=O. The molecule has 98 valence electrons. The van der Waals surface area contributed by atoms with Crippen molar-refractivity contribution in [1.82, 2.24) is 9.80 Å². The van der Waals surface area contributed by atoms with E-state index in [1.165, 1.54) is 0 Å². The second kappa shape index (κ2) is 5.78. The Morgan fingerprint density at radius 1 is 1.47 bits per heavy atom. The fourth-order valence-corrected chi connectivity index (χ4v) is 1.97. The van der Waals surface area contributed by atoms with Crippen LogP contribution in [0.3, 0.4) is 0 Å². The van der Waals surface area contributed by atoms with Crippen molar-refractivity contribution < 1.29 is 4.79 Å². The molecule has 0 bridgehead atoms. The third kappa shape index (κ3) is 4.24. The quantitative estimate of drug-likeness (QED) is 0.742. The van der Waals surface area contributed by atoms with Crippen LogP contribution in [0.25, 0.3) is 0 Å². The maximum atomic E-state index is 11.5. The first-order valence-corrected chi connectivity index (χ1v) is 6.50. The molecular formula is C12H23N3OS. The Kier molecular flexibility index (Phi) is 4.89. The van der Waals surface area contributed by atoms with Crippen LogP contribution in [0.15, 0.2) is 0 Å². The summed E-state index contributed by atoms with van der Waals surface area (Å²) in [4.78, 5) is 16.1. The molecule has 0 aliphatic carbocycles. The van der Waals surface area contributed by atoms with Crippen LogP contribution in [0.4, 0.5) is 0 Å². The van der Waals surface area contributed by atoms with E-state index < -0.39 is 0 Å². The van der Waals surface area contributed by atoms with Crippen molar-refractivity contribution in [2.45, 2.75) is 26.7 Å². The largest absolute Gasteiger partial charge is 0.393 e. The van der Waals surface area contributed by atoms with Crippen LogP contribution in [0, 0.1) is 5.41 Å².